The van der Waals surface area contributed by atoms with Crippen LogP contribution in [-0.4, -0.2) is 17.9 Å². The third-order valence-electron chi connectivity index (χ3n) is 4.47. The van der Waals surface area contributed by atoms with E-state index in [9.17, 15) is 9.59 Å². The van der Waals surface area contributed by atoms with E-state index >= 15 is 0 Å². The van der Waals surface area contributed by atoms with Crippen molar-refractivity contribution >= 4 is 40.5 Å². The van der Waals surface area contributed by atoms with Gasteiger partial charge in [0.1, 0.15) is 6.04 Å². The Morgan fingerprint density at radius 3 is 2.56 bits per heavy atom. The van der Waals surface area contributed by atoms with Crippen LogP contribution in [0.3, 0.4) is 0 Å². The average molecular weight is 358 g/mol. The third-order valence-corrected chi connectivity index (χ3v) is 4.88. The van der Waals surface area contributed by atoms with E-state index in [2.05, 4.69) is 16.0 Å². The molecule has 2 aromatic rings. The van der Waals surface area contributed by atoms with Crippen LogP contribution in [-0.2, 0) is 9.59 Å². The van der Waals surface area contributed by atoms with Crippen LogP contribution in [0.4, 0.5) is 17.1 Å². The quantitative estimate of drug-likeness (QED) is 0.776. The molecule has 0 radical (unpaired) electrons. The van der Waals surface area contributed by atoms with Crippen molar-refractivity contribution in [3.63, 3.8) is 0 Å². The standard InChI is InChI=1S/C19H20ClN3O2/c1-10-7-15-16(8-11(10)2)23-19(25)17(21-15)9-18(24)22-14-6-4-5-13(20)12(14)3/h4-8,17,21H,9H2,1-3H3,(H,22,24)(H,23,25). The summed E-state index contributed by atoms with van der Waals surface area (Å²) in [6, 6.07) is 8.63. The van der Waals surface area contributed by atoms with Crippen LogP contribution in [0.2, 0.25) is 5.02 Å². The maximum Gasteiger partial charge on any atom is 0.247 e. The van der Waals surface area contributed by atoms with Crippen molar-refractivity contribution in [1.29, 1.82) is 0 Å². The number of carbonyl (C=O) groups is 2. The van der Waals surface area contributed by atoms with Crippen molar-refractivity contribution in [2.75, 3.05) is 16.0 Å². The van der Waals surface area contributed by atoms with Crippen molar-refractivity contribution in [2.24, 2.45) is 0 Å². The Labute approximate surface area is 151 Å². The van der Waals surface area contributed by atoms with Gasteiger partial charge in [0.15, 0.2) is 0 Å². The van der Waals surface area contributed by atoms with E-state index in [4.69, 9.17) is 11.6 Å². The monoisotopic (exact) mass is 357 g/mol. The Hall–Kier alpha value is -2.53. The number of rotatable bonds is 3. The third kappa shape index (κ3) is 3.61. The number of anilines is 3. The summed E-state index contributed by atoms with van der Waals surface area (Å²) in [5, 5.41) is 9.43. The number of hydrogen-bond acceptors (Lipinski definition) is 3. The Bertz CT molecular complexity index is 864. The number of benzene rings is 2. The molecule has 0 aliphatic carbocycles. The molecule has 130 valence electrons. The van der Waals surface area contributed by atoms with Crippen LogP contribution in [0.1, 0.15) is 23.1 Å². The van der Waals surface area contributed by atoms with E-state index < -0.39 is 6.04 Å². The van der Waals surface area contributed by atoms with Gasteiger partial charge in [0.05, 0.1) is 17.8 Å². The van der Waals surface area contributed by atoms with E-state index in [1.54, 1.807) is 18.2 Å². The zero-order chi connectivity index (χ0) is 18.1. The lowest BCUT2D eigenvalue weighted by molar-refractivity contribution is -0.122. The summed E-state index contributed by atoms with van der Waals surface area (Å²) in [4.78, 5) is 24.6. The van der Waals surface area contributed by atoms with Gasteiger partial charge in [-0.2, -0.15) is 0 Å². The van der Waals surface area contributed by atoms with Gasteiger partial charge < -0.3 is 16.0 Å². The summed E-state index contributed by atoms with van der Waals surface area (Å²) in [7, 11) is 0. The van der Waals surface area contributed by atoms with Crippen LogP contribution < -0.4 is 16.0 Å². The molecule has 0 fully saturated rings. The minimum atomic E-state index is -0.617. The number of nitrogens with one attached hydrogen (secondary N) is 3. The van der Waals surface area contributed by atoms with Crippen molar-refractivity contribution in [1.82, 2.24) is 0 Å². The van der Waals surface area contributed by atoms with Gasteiger partial charge in [0.2, 0.25) is 11.8 Å². The van der Waals surface area contributed by atoms with Crippen LogP contribution in [0.25, 0.3) is 0 Å². The summed E-state index contributed by atoms with van der Waals surface area (Å²) < 4.78 is 0. The smallest absolute Gasteiger partial charge is 0.247 e. The predicted molar refractivity (Wildman–Crippen MR) is 101 cm³/mol. The lowest BCUT2D eigenvalue weighted by Crippen LogP contribution is -2.41. The molecule has 1 unspecified atom stereocenters. The molecule has 1 heterocycles. The number of hydrogen-bond donors (Lipinski definition) is 3. The Morgan fingerprint density at radius 2 is 1.84 bits per heavy atom. The Kier molecular flexibility index (Phi) is 4.68. The van der Waals surface area contributed by atoms with Gasteiger partial charge in [0.25, 0.3) is 0 Å². The summed E-state index contributed by atoms with van der Waals surface area (Å²) in [5.74, 6) is -0.459. The molecule has 1 aliphatic rings. The maximum atomic E-state index is 12.3. The second-order valence-electron chi connectivity index (χ2n) is 6.33. The molecule has 0 aromatic heterocycles. The fourth-order valence-corrected chi connectivity index (χ4v) is 2.96. The van der Waals surface area contributed by atoms with Crippen molar-refractivity contribution in [2.45, 2.75) is 33.2 Å². The number of halogens is 1. The predicted octanol–water partition coefficient (Wildman–Crippen LogP) is 4.03. The highest BCUT2D eigenvalue weighted by atomic mass is 35.5. The molecule has 6 heteroatoms. The van der Waals surface area contributed by atoms with E-state index in [0.29, 0.717) is 10.7 Å². The first kappa shape index (κ1) is 17.3. The number of fused-ring (bicyclic) bond motifs is 1. The number of carbonyl (C=O) groups excluding carboxylic acids is 2. The molecule has 3 rings (SSSR count). The van der Waals surface area contributed by atoms with Gasteiger partial charge in [-0.15, -0.1) is 0 Å². The Morgan fingerprint density at radius 1 is 1.16 bits per heavy atom. The molecule has 3 N–H and O–H groups in total. The van der Waals surface area contributed by atoms with E-state index in [1.807, 2.05) is 32.9 Å². The summed E-state index contributed by atoms with van der Waals surface area (Å²) in [6.07, 6.45) is 0.0319. The highest BCUT2D eigenvalue weighted by Gasteiger charge is 2.28. The average Bonchev–Trinajstić information content (AvgIpc) is 2.54. The van der Waals surface area contributed by atoms with Crippen molar-refractivity contribution in [3.8, 4) is 0 Å². The van der Waals surface area contributed by atoms with Gasteiger partial charge in [0, 0.05) is 10.7 Å². The van der Waals surface area contributed by atoms with Gasteiger partial charge in [-0.05, 0) is 61.7 Å². The lowest BCUT2D eigenvalue weighted by Gasteiger charge is -2.27. The first-order valence-corrected chi connectivity index (χ1v) is 8.46. The number of aryl methyl sites for hydroxylation is 2. The topological polar surface area (TPSA) is 70.2 Å². The SMILES string of the molecule is Cc1cc2c(cc1C)NC(CC(=O)Nc1cccc(Cl)c1C)C(=O)N2. The highest BCUT2D eigenvalue weighted by Crippen LogP contribution is 2.30. The molecule has 1 atom stereocenters. The van der Waals surface area contributed by atoms with Gasteiger partial charge in [-0.3, -0.25) is 9.59 Å². The second kappa shape index (κ2) is 6.76. The van der Waals surface area contributed by atoms with Crippen molar-refractivity contribution in [3.05, 3.63) is 52.0 Å². The van der Waals surface area contributed by atoms with Crippen molar-refractivity contribution < 1.29 is 9.59 Å². The molecule has 0 spiro atoms. The fraction of sp³-hybridized carbons (Fsp3) is 0.263. The van der Waals surface area contributed by atoms with Gasteiger partial charge in [-0.1, -0.05) is 17.7 Å². The zero-order valence-electron chi connectivity index (χ0n) is 14.4. The zero-order valence-corrected chi connectivity index (χ0v) is 15.1. The lowest BCUT2D eigenvalue weighted by atomic mass is 10.0. The molecule has 0 saturated heterocycles. The molecule has 2 aromatic carbocycles. The van der Waals surface area contributed by atoms with Gasteiger partial charge in [-0.25, -0.2) is 0 Å². The molecule has 0 bridgehead atoms. The van der Waals surface area contributed by atoms with Crippen LogP contribution in [0.15, 0.2) is 30.3 Å². The molecule has 2 amide bonds. The fourth-order valence-electron chi connectivity index (χ4n) is 2.79. The van der Waals surface area contributed by atoms with E-state index in [0.717, 1.165) is 28.1 Å². The second-order valence-corrected chi connectivity index (χ2v) is 6.74. The molecule has 5 nitrogen and oxygen atoms in total. The normalized spacial score (nSPS) is 15.8. The minimum Gasteiger partial charge on any atom is -0.372 e. The Balaban J connectivity index is 1.72. The van der Waals surface area contributed by atoms with E-state index in [1.165, 1.54) is 0 Å². The molecular weight excluding hydrogens is 338 g/mol. The molecule has 25 heavy (non-hydrogen) atoms. The van der Waals surface area contributed by atoms with Gasteiger partial charge >= 0.3 is 0 Å². The highest BCUT2D eigenvalue weighted by molar-refractivity contribution is 6.31. The van der Waals surface area contributed by atoms with Crippen LogP contribution in [0, 0.1) is 20.8 Å². The summed E-state index contributed by atoms with van der Waals surface area (Å²) in [6.45, 7) is 5.84. The van der Waals surface area contributed by atoms with Crippen LogP contribution in [0.5, 0.6) is 0 Å². The molecule has 0 saturated carbocycles. The minimum absolute atomic E-state index is 0.0319. The molecule has 1 aliphatic heterocycles. The maximum absolute atomic E-state index is 12.3. The molecular formula is C19H20ClN3O2. The summed E-state index contributed by atoms with van der Waals surface area (Å²) in [5.41, 5.74) is 5.26. The van der Waals surface area contributed by atoms with E-state index in [-0.39, 0.29) is 18.2 Å². The first-order valence-electron chi connectivity index (χ1n) is 8.09. The largest absolute Gasteiger partial charge is 0.372 e. The summed E-state index contributed by atoms with van der Waals surface area (Å²) >= 11 is 6.07. The first-order chi connectivity index (χ1) is 11.8. The number of amides is 2. The van der Waals surface area contributed by atoms with Crippen LogP contribution >= 0.6 is 11.6 Å².